The molecule has 5 nitrogen and oxygen atoms in total. The van der Waals surface area contributed by atoms with Crippen molar-refractivity contribution in [1.82, 2.24) is 14.1 Å². The number of fused-ring (bicyclic) bond motifs is 1. The highest BCUT2D eigenvalue weighted by Crippen LogP contribution is 2.31. The predicted molar refractivity (Wildman–Crippen MR) is 103 cm³/mol. The van der Waals surface area contributed by atoms with Crippen LogP contribution in [0.25, 0.3) is 11.0 Å². The summed E-state index contributed by atoms with van der Waals surface area (Å²) in [5.74, 6) is 0.679. The van der Waals surface area contributed by atoms with Crippen molar-refractivity contribution in [1.29, 1.82) is 0 Å². The summed E-state index contributed by atoms with van der Waals surface area (Å²) < 4.78 is 2.55. The Hall–Kier alpha value is -2.05. The Labute approximate surface area is 154 Å². The summed E-state index contributed by atoms with van der Waals surface area (Å²) in [5, 5.41) is 1.18. The van der Waals surface area contributed by atoms with Crippen LogP contribution in [0.3, 0.4) is 0 Å². The fourth-order valence-corrected chi connectivity index (χ4v) is 4.15. The van der Waals surface area contributed by atoms with Crippen LogP contribution >= 0.6 is 23.4 Å². The molecule has 0 bridgehead atoms. The molecular weight excluding hydrogens is 358 g/mol. The number of aryl methyl sites for hydroxylation is 2. The first-order chi connectivity index (χ1) is 11.9. The molecule has 0 N–H and O–H groups in total. The fraction of sp³-hybridized carbons (Fsp3) is 0.278. The van der Waals surface area contributed by atoms with Gasteiger partial charge in [0.2, 0.25) is 0 Å². The number of thioether (sulfide) groups is 1. The zero-order chi connectivity index (χ0) is 18.1. The van der Waals surface area contributed by atoms with Gasteiger partial charge >= 0.3 is 5.69 Å². The first kappa shape index (κ1) is 17.8. The Bertz CT molecular complexity index is 1070. The van der Waals surface area contributed by atoms with E-state index in [4.69, 9.17) is 11.6 Å². The molecule has 2 heterocycles. The van der Waals surface area contributed by atoms with Crippen LogP contribution in [0.15, 0.2) is 44.9 Å². The van der Waals surface area contributed by atoms with E-state index in [9.17, 15) is 9.59 Å². The highest BCUT2D eigenvalue weighted by molar-refractivity contribution is 7.98. The number of benzene rings is 1. The van der Waals surface area contributed by atoms with Gasteiger partial charge in [-0.1, -0.05) is 30.7 Å². The van der Waals surface area contributed by atoms with E-state index in [-0.39, 0.29) is 11.2 Å². The predicted octanol–water partition coefficient (Wildman–Crippen LogP) is 3.14. The van der Waals surface area contributed by atoms with Gasteiger partial charge < -0.3 is 0 Å². The van der Waals surface area contributed by atoms with E-state index in [1.165, 1.54) is 11.6 Å². The van der Waals surface area contributed by atoms with Crippen LogP contribution in [0.5, 0.6) is 0 Å². The molecule has 7 heteroatoms. The molecule has 0 aliphatic rings. The minimum atomic E-state index is -0.375. The summed E-state index contributed by atoms with van der Waals surface area (Å²) in [6.45, 7) is 2.03. The molecule has 0 spiro atoms. The number of hydrogen-bond acceptors (Lipinski definition) is 4. The van der Waals surface area contributed by atoms with Crippen LogP contribution in [0, 0.1) is 0 Å². The maximum absolute atomic E-state index is 12.7. The van der Waals surface area contributed by atoms with E-state index in [1.807, 2.05) is 31.2 Å². The van der Waals surface area contributed by atoms with E-state index in [1.54, 1.807) is 25.0 Å². The minimum Gasteiger partial charge on any atom is -0.280 e. The Morgan fingerprint density at radius 2 is 1.96 bits per heavy atom. The maximum atomic E-state index is 12.7. The van der Waals surface area contributed by atoms with Gasteiger partial charge in [-0.2, -0.15) is 0 Å². The first-order valence-corrected chi connectivity index (χ1v) is 9.25. The van der Waals surface area contributed by atoms with Gasteiger partial charge in [-0.15, -0.1) is 11.8 Å². The summed E-state index contributed by atoms with van der Waals surface area (Å²) in [6, 6.07) is 7.66. The van der Waals surface area contributed by atoms with E-state index in [0.29, 0.717) is 21.8 Å². The number of nitrogens with zero attached hydrogens (tertiary/aromatic N) is 3. The molecule has 2 aromatic heterocycles. The molecule has 0 aliphatic carbocycles. The summed E-state index contributed by atoms with van der Waals surface area (Å²) in [6.07, 6.45) is 2.51. The van der Waals surface area contributed by atoms with Crippen molar-refractivity contribution >= 4 is 34.4 Å². The van der Waals surface area contributed by atoms with Crippen molar-refractivity contribution in [3.05, 3.63) is 67.4 Å². The second-order valence-corrected chi connectivity index (χ2v) is 7.21. The highest BCUT2D eigenvalue weighted by Gasteiger charge is 2.17. The van der Waals surface area contributed by atoms with Gasteiger partial charge in [-0.05, 0) is 29.7 Å². The zero-order valence-electron chi connectivity index (χ0n) is 14.2. The number of pyridine rings is 1. The van der Waals surface area contributed by atoms with E-state index >= 15 is 0 Å². The second kappa shape index (κ2) is 7.06. The second-order valence-electron chi connectivity index (χ2n) is 5.79. The third kappa shape index (κ3) is 3.24. The van der Waals surface area contributed by atoms with Gasteiger partial charge in [0.15, 0.2) is 0 Å². The first-order valence-electron chi connectivity index (χ1n) is 7.88. The van der Waals surface area contributed by atoms with E-state index in [2.05, 4.69) is 4.98 Å². The van der Waals surface area contributed by atoms with Crippen molar-refractivity contribution < 1.29 is 0 Å². The quantitative estimate of drug-likeness (QED) is 0.657. The number of halogens is 1. The lowest BCUT2D eigenvalue weighted by molar-refractivity contribution is 0.705. The molecule has 0 saturated heterocycles. The monoisotopic (exact) mass is 375 g/mol. The molecule has 0 radical (unpaired) electrons. The average Bonchev–Trinajstić information content (AvgIpc) is 2.62. The van der Waals surface area contributed by atoms with Crippen LogP contribution in [-0.2, 0) is 26.3 Å². The van der Waals surface area contributed by atoms with Crippen LogP contribution in [0.2, 0.25) is 5.02 Å². The van der Waals surface area contributed by atoms with Gasteiger partial charge in [0.1, 0.15) is 5.65 Å². The highest BCUT2D eigenvalue weighted by atomic mass is 35.5. The maximum Gasteiger partial charge on any atom is 0.332 e. The molecule has 3 aromatic rings. The number of aromatic nitrogens is 3. The van der Waals surface area contributed by atoms with E-state index in [0.717, 1.165) is 27.0 Å². The normalized spacial score (nSPS) is 11.2. The summed E-state index contributed by atoms with van der Waals surface area (Å²) in [5.41, 5.74) is 1.80. The molecule has 0 aliphatic heterocycles. The van der Waals surface area contributed by atoms with Crippen LogP contribution in [0.4, 0.5) is 0 Å². The Morgan fingerprint density at radius 1 is 1.20 bits per heavy atom. The van der Waals surface area contributed by atoms with E-state index < -0.39 is 0 Å². The van der Waals surface area contributed by atoms with Crippen molar-refractivity contribution in [3.63, 3.8) is 0 Å². The lowest BCUT2D eigenvalue weighted by atomic mass is 10.2. The molecule has 0 amide bonds. The van der Waals surface area contributed by atoms with Gasteiger partial charge in [0.25, 0.3) is 5.56 Å². The molecule has 25 heavy (non-hydrogen) atoms. The fourth-order valence-electron chi connectivity index (χ4n) is 2.74. The summed E-state index contributed by atoms with van der Waals surface area (Å²) >= 11 is 7.63. The zero-order valence-corrected chi connectivity index (χ0v) is 15.8. The number of rotatable bonds is 4. The lowest BCUT2D eigenvalue weighted by Gasteiger charge is -2.13. The van der Waals surface area contributed by atoms with Crippen molar-refractivity contribution in [2.24, 2.45) is 14.1 Å². The summed E-state index contributed by atoms with van der Waals surface area (Å²) in [7, 11) is 3.13. The molecule has 0 unspecified atom stereocenters. The van der Waals surface area contributed by atoms with Crippen LogP contribution < -0.4 is 11.2 Å². The largest absolute Gasteiger partial charge is 0.332 e. The molecule has 3 rings (SSSR count). The van der Waals surface area contributed by atoms with Crippen LogP contribution in [0.1, 0.15) is 18.1 Å². The molecular formula is C18H18ClN3O2S. The average molecular weight is 376 g/mol. The molecule has 0 fully saturated rings. The molecule has 0 atom stereocenters. The smallest absolute Gasteiger partial charge is 0.280 e. The van der Waals surface area contributed by atoms with Gasteiger partial charge in [0.05, 0.1) is 5.39 Å². The topological polar surface area (TPSA) is 56.9 Å². The molecule has 130 valence electrons. The Balaban J connectivity index is 2.18. The summed E-state index contributed by atoms with van der Waals surface area (Å²) in [4.78, 5) is 30.1. The third-order valence-electron chi connectivity index (χ3n) is 4.15. The SMILES string of the molecule is CCc1cnc2c(c1SCc1cccc(Cl)c1)c(=O)n(C)c(=O)n2C. The lowest BCUT2D eigenvalue weighted by Crippen LogP contribution is -2.37. The molecule has 0 saturated carbocycles. The van der Waals surface area contributed by atoms with Crippen molar-refractivity contribution in [2.45, 2.75) is 24.0 Å². The van der Waals surface area contributed by atoms with Gasteiger partial charge in [-0.25, -0.2) is 9.78 Å². The molecule has 1 aromatic carbocycles. The van der Waals surface area contributed by atoms with Gasteiger partial charge in [0, 0.05) is 36.0 Å². The van der Waals surface area contributed by atoms with Crippen molar-refractivity contribution in [3.8, 4) is 0 Å². The Kier molecular flexibility index (Phi) is 5.01. The van der Waals surface area contributed by atoms with Crippen LogP contribution in [-0.4, -0.2) is 14.1 Å². The third-order valence-corrected chi connectivity index (χ3v) is 5.62. The standard InChI is InChI=1S/C18H18ClN3O2S/c1-4-12-9-20-16-14(17(23)22(3)18(24)21(16)2)15(12)25-10-11-6-5-7-13(19)8-11/h5-9H,4,10H2,1-3H3. The number of hydrogen-bond donors (Lipinski definition) is 0. The van der Waals surface area contributed by atoms with Gasteiger partial charge in [-0.3, -0.25) is 13.9 Å². The minimum absolute atomic E-state index is 0.311. The Morgan fingerprint density at radius 3 is 2.64 bits per heavy atom. The van der Waals surface area contributed by atoms with Crippen molar-refractivity contribution in [2.75, 3.05) is 0 Å².